The van der Waals surface area contributed by atoms with Crippen LogP contribution in [0, 0.1) is 0 Å². The first-order valence-electron chi connectivity index (χ1n) is 3.42. The molecular weight excluding hydrogens is 224 g/mol. The zero-order valence-corrected chi connectivity index (χ0v) is 8.15. The number of rotatable bonds is 4. The van der Waals surface area contributed by atoms with Gasteiger partial charge in [0.25, 0.3) is 6.47 Å². The van der Waals surface area contributed by atoms with Crippen LogP contribution in [0.1, 0.15) is 18.2 Å². The minimum absolute atomic E-state index is 0. The molecule has 1 rings (SSSR count). The van der Waals surface area contributed by atoms with E-state index in [0.717, 1.165) is 0 Å². The molecule has 0 aliphatic heterocycles. The van der Waals surface area contributed by atoms with Crippen LogP contribution in [0.2, 0.25) is 0 Å². The molecule has 0 bridgehead atoms. The third-order valence-corrected chi connectivity index (χ3v) is 2.46. The first kappa shape index (κ1) is 13.2. The molecule has 0 aromatic carbocycles. The number of thiol groups is 1. The molecule has 0 N–H and O–H groups in total. The standard InChI is InChI=1S/C7H7ClN2O2S.CH4/c8-7(12-4-11)6(13)5-1-9-3-10-2-5;/h1-4,6-7,13H;1H4. The summed E-state index contributed by atoms with van der Waals surface area (Å²) in [7, 11) is 0. The van der Waals surface area contributed by atoms with Crippen LogP contribution < -0.4 is 0 Å². The summed E-state index contributed by atoms with van der Waals surface area (Å²) >= 11 is 9.83. The monoisotopic (exact) mass is 234 g/mol. The summed E-state index contributed by atoms with van der Waals surface area (Å²) in [4.78, 5) is 17.6. The van der Waals surface area contributed by atoms with Crippen molar-refractivity contribution in [2.45, 2.75) is 18.2 Å². The van der Waals surface area contributed by atoms with Gasteiger partial charge in [0.15, 0.2) is 5.56 Å². The van der Waals surface area contributed by atoms with Crippen molar-refractivity contribution in [3.63, 3.8) is 0 Å². The number of hydrogen-bond acceptors (Lipinski definition) is 5. The lowest BCUT2D eigenvalue weighted by molar-refractivity contribution is -0.130. The molecule has 6 heteroatoms. The van der Waals surface area contributed by atoms with E-state index in [4.69, 9.17) is 11.6 Å². The van der Waals surface area contributed by atoms with Crippen molar-refractivity contribution in [3.8, 4) is 0 Å². The van der Waals surface area contributed by atoms with Gasteiger partial charge in [0.1, 0.15) is 6.33 Å². The van der Waals surface area contributed by atoms with Crippen molar-refractivity contribution in [3.05, 3.63) is 24.3 Å². The Labute approximate surface area is 93.1 Å². The van der Waals surface area contributed by atoms with Gasteiger partial charge in [0.05, 0.1) is 5.25 Å². The van der Waals surface area contributed by atoms with Crippen molar-refractivity contribution in [2.24, 2.45) is 0 Å². The molecule has 1 aromatic rings. The lowest BCUT2D eigenvalue weighted by Crippen LogP contribution is -2.11. The van der Waals surface area contributed by atoms with E-state index in [1.54, 1.807) is 12.4 Å². The first-order chi connectivity index (χ1) is 6.25. The predicted octanol–water partition coefficient (Wildman–Crippen LogP) is 1.82. The Hall–Kier alpha value is -0.810. The van der Waals surface area contributed by atoms with Crippen molar-refractivity contribution in [1.29, 1.82) is 0 Å². The fraction of sp³-hybridized carbons (Fsp3) is 0.375. The first-order valence-corrected chi connectivity index (χ1v) is 4.37. The molecule has 14 heavy (non-hydrogen) atoms. The van der Waals surface area contributed by atoms with Gasteiger partial charge in [0, 0.05) is 18.0 Å². The maximum absolute atomic E-state index is 9.98. The van der Waals surface area contributed by atoms with Crippen LogP contribution >= 0.6 is 24.2 Å². The van der Waals surface area contributed by atoms with Crippen LogP contribution in [0.5, 0.6) is 0 Å². The Bertz CT molecular complexity index is 273. The topological polar surface area (TPSA) is 52.1 Å². The van der Waals surface area contributed by atoms with Crippen LogP contribution in [0.4, 0.5) is 0 Å². The van der Waals surface area contributed by atoms with E-state index < -0.39 is 10.8 Å². The van der Waals surface area contributed by atoms with Gasteiger partial charge < -0.3 is 4.74 Å². The van der Waals surface area contributed by atoms with Crippen molar-refractivity contribution in [2.75, 3.05) is 0 Å². The lowest BCUT2D eigenvalue weighted by atomic mass is 10.2. The SMILES string of the molecule is C.O=COC(Cl)C(S)c1cncnc1. The molecule has 0 aliphatic carbocycles. The molecule has 2 unspecified atom stereocenters. The van der Waals surface area contributed by atoms with Gasteiger partial charge in [-0.2, -0.15) is 12.6 Å². The molecule has 0 aliphatic rings. The van der Waals surface area contributed by atoms with Crippen molar-refractivity contribution in [1.82, 2.24) is 9.97 Å². The van der Waals surface area contributed by atoms with Gasteiger partial charge in [-0.05, 0) is 0 Å². The Kier molecular flexibility index (Phi) is 6.23. The number of carbonyl (C=O) groups is 1. The van der Waals surface area contributed by atoms with Crippen molar-refractivity contribution >= 4 is 30.7 Å². The molecule has 0 fully saturated rings. The fourth-order valence-electron chi connectivity index (χ4n) is 0.742. The highest BCUT2D eigenvalue weighted by Crippen LogP contribution is 2.26. The van der Waals surface area contributed by atoms with Gasteiger partial charge in [-0.15, -0.1) is 0 Å². The van der Waals surface area contributed by atoms with E-state index >= 15 is 0 Å². The van der Waals surface area contributed by atoms with E-state index in [1.807, 2.05) is 0 Å². The Morgan fingerprint density at radius 3 is 2.57 bits per heavy atom. The summed E-state index contributed by atoms with van der Waals surface area (Å²) in [6.07, 6.45) is 4.52. The maximum Gasteiger partial charge on any atom is 0.294 e. The highest BCUT2D eigenvalue weighted by molar-refractivity contribution is 7.80. The lowest BCUT2D eigenvalue weighted by Gasteiger charge is -2.14. The second-order valence-corrected chi connectivity index (χ2v) is 3.19. The number of ether oxygens (including phenoxy) is 1. The predicted molar refractivity (Wildman–Crippen MR) is 57.3 cm³/mol. The van der Waals surface area contributed by atoms with E-state index in [9.17, 15) is 4.79 Å². The van der Waals surface area contributed by atoms with Crippen LogP contribution in [0.3, 0.4) is 0 Å². The zero-order chi connectivity index (χ0) is 9.68. The maximum atomic E-state index is 9.98. The van der Waals surface area contributed by atoms with Gasteiger partial charge >= 0.3 is 0 Å². The molecule has 0 radical (unpaired) electrons. The number of alkyl halides is 1. The van der Waals surface area contributed by atoms with Gasteiger partial charge in [-0.1, -0.05) is 19.0 Å². The molecule has 4 nitrogen and oxygen atoms in total. The molecule has 1 aromatic heterocycles. The molecule has 0 saturated heterocycles. The Morgan fingerprint density at radius 1 is 1.50 bits per heavy atom. The number of nitrogens with zero attached hydrogens (tertiary/aromatic N) is 2. The Balaban J connectivity index is 0.00000169. The van der Waals surface area contributed by atoms with Crippen LogP contribution in [-0.2, 0) is 9.53 Å². The third-order valence-electron chi connectivity index (χ3n) is 1.36. The minimum Gasteiger partial charge on any atom is -0.447 e. The van der Waals surface area contributed by atoms with E-state index in [0.29, 0.717) is 5.56 Å². The molecule has 78 valence electrons. The van der Waals surface area contributed by atoms with Crippen LogP contribution in [-0.4, -0.2) is 22.0 Å². The second kappa shape index (κ2) is 6.62. The summed E-state index contributed by atoms with van der Waals surface area (Å²) < 4.78 is 4.51. The highest BCUT2D eigenvalue weighted by atomic mass is 35.5. The number of halogens is 1. The normalized spacial score (nSPS) is 13.6. The van der Waals surface area contributed by atoms with E-state index in [2.05, 4.69) is 27.3 Å². The largest absolute Gasteiger partial charge is 0.447 e. The Morgan fingerprint density at radius 2 is 2.07 bits per heavy atom. The highest BCUT2D eigenvalue weighted by Gasteiger charge is 2.18. The molecule has 0 saturated carbocycles. The summed E-state index contributed by atoms with van der Waals surface area (Å²) in [6.45, 7) is 0.282. The molecule has 2 atom stereocenters. The van der Waals surface area contributed by atoms with Crippen LogP contribution in [0.25, 0.3) is 0 Å². The summed E-state index contributed by atoms with van der Waals surface area (Å²) in [6, 6.07) is 0. The average molecular weight is 235 g/mol. The quantitative estimate of drug-likeness (QED) is 0.491. The minimum atomic E-state index is -0.813. The number of carbonyl (C=O) groups excluding carboxylic acids is 1. The zero-order valence-electron chi connectivity index (χ0n) is 6.50. The summed E-state index contributed by atoms with van der Waals surface area (Å²) in [5.74, 6) is 0. The number of aromatic nitrogens is 2. The smallest absolute Gasteiger partial charge is 0.294 e. The van der Waals surface area contributed by atoms with Gasteiger partial charge in [-0.3, -0.25) is 4.79 Å². The van der Waals surface area contributed by atoms with Crippen molar-refractivity contribution < 1.29 is 9.53 Å². The van der Waals surface area contributed by atoms with Gasteiger partial charge in [-0.25, -0.2) is 9.97 Å². The fourth-order valence-corrected chi connectivity index (χ4v) is 1.13. The third kappa shape index (κ3) is 3.51. The summed E-state index contributed by atoms with van der Waals surface area (Å²) in [5, 5.41) is -0.423. The summed E-state index contributed by atoms with van der Waals surface area (Å²) in [5.41, 5.74) is -0.112. The average Bonchev–Trinajstić information content (AvgIpc) is 2.18. The molecule has 0 spiro atoms. The van der Waals surface area contributed by atoms with E-state index in [-0.39, 0.29) is 13.9 Å². The molecular formula is C8H11ClN2O2S. The molecule has 1 heterocycles. The number of hydrogen-bond donors (Lipinski definition) is 1. The van der Waals surface area contributed by atoms with Crippen LogP contribution in [0.15, 0.2) is 18.7 Å². The van der Waals surface area contributed by atoms with Gasteiger partial charge in [0.2, 0.25) is 0 Å². The second-order valence-electron chi connectivity index (χ2n) is 2.20. The van der Waals surface area contributed by atoms with E-state index in [1.165, 1.54) is 6.33 Å². The molecule has 0 amide bonds.